The van der Waals surface area contributed by atoms with Gasteiger partial charge in [0.2, 0.25) is 0 Å². The molecule has 0 bridgehead atoms. The fourth-order valence-corrected chi connectivity index (χ4v) is 10.5. The molecule has 0 saturated carbocycles. The third-order valence-corrected chi connectivity index (χ3v) is 13.6. The van der Waals surface area contributed by atoms with E-state index in [2.05, 4.69) is 217 Å². The van der Waals surface area contributed by atoms with E-state index in [9.17, 15) is 0 Å². The van der Waals surface area contributed by atoms with Gasteiger partial charge in [0, 0.05) is 61.5 Å². The number of hydrogen-bond donors (Lipinski definition) is 1. The number of aromatic nitrogens is 1. The van der Waals surface area contributed by atoms with Gasteiger partial charge < -0.3 is 14.1 Å². The first kappa shape index (κ1) is 35.8. The Bertz CT molecular complexity index is 3490. The summed E-state index contributed by atoms with van der Waals surface area (Å²) in [6.45, 7) is 0. The van der Waals surface area contributed by atoms with Crippen molar-refractivity contribution in [2.75, 3.05) is 0 Å². The maximum Gasteiger partial charge on any atom is 0.143 e. The highest BCUT2D eigenvalue weighted by Crippen LogP contribution is 2.51. The number of nitrogens with one attached hydrogen (secondary N) is 1. The number of fused-ring (bicyclic) bond motifs is 9. The number of ether oxygens (including phenoxy) is 1. The van der Waals surface area contributed by atoms with E-state index in [1.807, 2.05) is 0 Å². The average molecular weight is 808 g/mol. The van der Waals surface area contributed by atoms with Gasteiger partial charge in [0.25, 0.3) is 0 Å². The summed E-state index contributed by atoms with van der Waals surface area (Å²) in [6, 6.07) is 65.3. The topological polar surface area (TPSA) is 38.2 Å². The first-order valence-corrected chi connectivity index (χ1v) is 22.0. The predicted octanol–water partition coefficient (Wildman–Crippen LogP) is 15.6. The molecule has 3 heteroatoms. The highest BCUT2D eigenvalue weighted by Gasteiger charge is 2.40. The maximum atomic E-state index is 7.07. The molecule has 3 unspecified atom stereocenters. The molecule has 0 amide bonds. The van der Waals surface area contributed by atoms with Gasteiger partial charge in [0.05, 0.1) is 0 Å². The van der Waals surface area contributed by atoms with Gasteiger partial charge in [0.15, 0.2) is 0 Å². The highest BCUT2D eigenvalue weighted by atomic mass is 16.5. The number of benzene rings is 8. The van der Waals surface area contributed by atoms with E-state index in [1.165, 1.54) is 55.6 Å². The summed E-state index contributed by atoms with van der Waals surface area (Å²) in [5, 5.41) is 3.51. The molecule has 1 N–H and O–H groups in total. The Hall–Kier alpha value is -7.88. The third kappa shape index (κ3) is 5.88. The second kappa shape index (κ2) is 14.4. The molecule has 3 nitrogen and oxygen atoms in total. The lowest BCUT2D eigenvalue weighted by atomic mass is 9.77. The predicted molar refractivity (Wildman–Crippen MR) is 260 cm³/mol. The summed E-state index contributed by atoms with van der Waals surface area (Å²) in [5.41, 5.74) is 19.7. The number of furan rings is 1. The Kier molecular flexibility index (Phi) is 8.17. The van der Waals surface area contributed by atoms with E-state index in [4.69, 9.17) is 9.15 Å². The zero-order valence-electron chi connectivity index (χ0n) is 34.5. The van der Waals surface area contributed by atoms with Gasteiger partial charge in [-0.2, -0.15) is 0 Å². The molecule has 63 heavy (non-hydrogen) atoms. The molecule has 13 rings (SSSR count). The van der Waals surface area contributed by atoms with E-state index in [-0.39, 0.29) is 17.9 Å². The standard InChI is InChI=1S/C60H41NO2/c1-3-11-37(12-4-1)39-23-27-41(28-24-39)45-15-7-19-49-51-21-9-17-47(59(51)62-57(45)49)43-31-33-55-53(35-43)54-36-44(32-34-56(54)61-55)48-18-10-22-52-50-20-8-16-46(58(50)63-60(48)52)42-29-25-40(26-30-42)38-13-5-2-6-14-38/h1-35,44,52,60-61H,36H2. The van der Waals surface area contributed by atoms with Gasteiger partial charge in [-0.1, -0.05) is 194 Å². The molecule has 3 heterocycles. The zero-order valence-corrected chi connectivity index (χ0v) is 34.5. The zero-order chi connectivity index (χ0) is 41.4. The van der Waals surface area contributed by atoms with Crippen LogP contribution in [0.2, 0.25) is 0 Å². The van der Waals surface area contributed by atoms with Crippen LogP contribution in [0.5, 0.6) is 5.75 Å². The quantitative estimate of drug-likeness (QED) is 0.182. The SMILES string of the molecule is C1=CC2c3cccc(-c4ccc(-c5ccccc5)cc4)c3OC2C(C2C=Cc3[nH]c4ccc(-c5cccc6c5oc5c(-c7ccc(-c8ccccc8)cc7)cccc56)cc4c3C2)=C1. The summed E-state index contributed by atoms with van der Waals surface area (Å²) in [7, 11) is 0. The molecular formula is C60H41NO2. The summed E-state index contributed by atoms with van der Waals surface area (Å²) in [6.07, 6.45) is 12.4. The molecule has 2 aliphatic carbocycles. The van der Waals surface area contributed by atoms with Crippen LogP contribution in [0, 0.1) is 5.92 Å². The average Bonchev–Trinajstić information content (AvgIpc) is 4.06. The molecule has 298 valence electrons. The van der Waals surface area contributed by atoms with Crippen LogP contribution >= 0.6 is 0 Å². The van der Waals surface area contributed by atoms with Crippen molar-refractivity contribution >= 4 is 38.9 Å². The number of para-hydroxylation sites is 3. The van der Waals surface area contributed by atoms with Gasteiger partial charge >= 0.3 is 0 Å². The number of hydrogen-bond acceptors (Lipinski definition) is 2. The molecule has 1 aliphatic heterocycles. The minimum Gasteiger partial charge on any atom is -0.484 e. The minimum absolute atomic E-state index is 0.0518. The molecule has 0 spiro atoms. The molecule has 3 atom stereocenters. The van der Waals surface area contributed by atoms with Crippen LogP contribution in [0.4, 0.5) is 0 Å². The van der Waals surface area contributed by atoms with Crippen molar-refractivity contribution in [1.82, 2.24) is 4.98 Å². The normalized spacial score (nSPS) is 17.4. The van der Waals surface area contributed by atoms with Crippen molar-refractivity contribution in [3.05, 3.63) is 229 Å². The van der Waals surface area contributed by atoms with Crippen LogP contribution < -0.4 is 4.74 Å². The van der Waals surface area contributed by atoms with Crippen LogP contribution in [0.1, 0.15) is 22.7 Å². The molecule has 3 aliphatic rings. The Balaban J connectivity index is 0.809. The first-order chi connectivity index (χ1) is 31.2. The Morgan fingerprint density at radius 2 is 1.05 bits per heavy atom. The minimum atomic E-state index is -0.0518. The lowest BCUT2D eigenvalue weighted by Gasteiger charge is -2.29. The van der Waals surface area contributed by atoms with Crippen LogP contribution in [0.25, 0.3) is 94.6 Å². The van der Waals surface area contributed by atoms with Crippen molar-refractivity contribution in [3.8, 4) is 61.4 Å². The fraction of sp³-hybridized carbons (Fsp3) is 0.0667. The number of H-pyrrole nitrogens is 1. The van der Waals surface area contributed by atoms with Gasteiger partial charge in [-0.25, -0.2) is 0 Å². The van der Waals surface area contributed by atoms with Gasteiger partial charge in [-0.05, 0) is 74.7 Å². The van der Waals surface area contributed by atoms with Crippen molar-refractivity contribution in [2.45, 2.75) is 18.4 Å². The smallest absolute Gasteiger partial charge is 0.143 e. The highest BCUT2D eigenvalue weighted by molar-refractivity contribution is 6.13. The van der Waals surface area contributed by atoms with Crippen molar-refractivity contribution in [1.29, 1.82) is 0 Å². The second-order valence-electron chi connectivity index (χ2n) is 17.1. The van der Waals surface area contributed by atoms with E-state index < -0.39 is 0 Å². The van der Waals surface area contributed by atoms with Crippen LogP contribution in [0.3, 0.4) is 0 Å². The van der Waals surface area contributed by atoms with Crippen molar-refractivity contribution < 1.29 is 9.15 Å². The Labute approximate surface area is 365 Å². The van der Waals surface area contributed by atoms with Crippen LogP contribution in [-0.4, -0.2) is 11.1 Å². The Morgan fingerprint density at radius 3 is 1.73 bits per heavy atom. The van der Waals surface area contributed by atoms with Crippen molar-refractivity contribution in [2.24, 2.45) is 5.92 Å². The maximum absolute atomic E-state index is 7.07. The van der Waals surface area contributed by atoms with E-state index in [1.54, 1.807) is 0 Å². The van der Waals surface area contributed by atoms with Gasteiger partial charge in [-0.15, -0.1) is 0 Å². The molecule has 0 radical (unpaired) electrons. The second-order valence-corrected chi connectivity index (χ2v) is 17.1. The van der Waals surface area contributed by atoms with Crippen molar-refractivity contribution in [3.63, 3.8) is 0 Å². The summed E-state index contributed by atoms with van der Waals surface area (Å²) in [4.78, 5) is 3.74. The van der Waals surface area contributed by atoms with Crippen LogP contribution in [0.15, 0.2) is 216 Å². The summed E-state index contributed by atoms with van der Waals surface area (Å²) in [5.74, 6) is 1.38. The number of aromatic amines is 1. The number of rotatable bonds is 6. The largest absolute Gasteiger partial charge is 0.484 e. The molecule has 8 aromatic carbocycles. The fourth-order valence-electron chi connectivity index (χ4n) is 10.5. The summed E-state index contributed by atoms with van der Waals surface area (Å²) < 4.78 is 14.0. The molecule has 0 saturated heterocycles. The molecule has 10 aromatic rings. The number of allylic oxidation sites excluding steroid dienone is 3. The summed E-state index contributed by atoms with van der Waals surface area (Å²) >= 11 is 0. The Morgan fingerprint density at radius 1 is 0.476 bits per heavy atom. The lowest BCUT2D eigenvalue weighted by Crippen LogP contribution is -2.28. The van der Waals surface area contributed by atoms with E-state index >= 15 is 0 Å². The first-order valence-electron chi connectivity index (χ1n) is 22.0. The third-order valence-electron chi connectivity index (χ3n) is 13.6. The van der Waals surface area contributed by atoms with Gasteiger partial charge in [0.1, 0.15) is 23.0 Å². The van der Waals surface area contributed by atoms with Gasteiger partial charge in [-0.3, -0.25) is 0 Å². The molecule has 2 aromatic heterocycles. The van der Waals surface area contributed by atoms with E-state index in [0.29, 0.717) is 0 Å². The molecule has 0 fully saturated rings. The van der Waals surface area contributed by atoms with Crippen LogP contribution in [-0.2, 0) is 6.42 Å². The molecular weight excluding hydrogens is 767 g/mol. The monoisotopic (exact) mass is 807 g/mol. The lowest BCUT2D eigenvalue weighted by molar-refractivity contribution is 0.244. The van der Waals surface area contributed by atoms with E-state index in [0.717, 1.165) is 67.4 Å².